The molecule has 0 aliphatic carbocycles. The maximum atomic E-state index is 13.8. The molecule has 10 heteroatoms. The average Bonchev–Trinajstić information content (AvgIpc) is 3.41. The lowest BCUT2D eigenvalue weighted by Gasteiger charge is -2.10. The zero-order chi connectivity index (χ0) is 21.5. The molecule has 0 atom stereocenters. The van der Waals surface area contributed by atoms with Crippen molar-refractivity contribution in [2.45, 2.75) is 6.54 Å². The first-order chi connectivity index (χ1) is 15.0. The first-order valence-electron chi connectivity index (χ1n) is 9.09. The average molecular weight is 499 g/mol. The van der Waals surface area contributed by atoms with E-state index in [9.17, 15) is 14.0 Å². The molecule has 0 fully saturated rings. The first kappa shape index (κ1) is 19.6. The summed E-state index contributed by atoms with van der Waals surface area (Å²) in [6.07, 6.45) is 0. The number of aromatic nitrogens is 4. The second-order valence-corrected chi connectivity index (χ2v) is 8.48. The monoisotopic (exact) mass is 498 g/mol. The van der Waals surface area contributed by atoms with Gasteiger partial charge in [-0.15, -0.1) is 11.3 Å². The van der Waals surface area contributed by atoms with Crippen LogP contribution >= 0.6 is 27.3 Å². The SMILES string of the molecule is O=c1c2sccc2n(Cc2nc(-c3cccc(Br)c3)no2)c(=O)n1-c1cccc(F)c1. The maximum Gasteiger partial charge on any atom is 0.336 e. The van der Waals surface area contributed by atoms with Gasteiger partial charge in [0, 0.05) is 10.0 Å². The molecule has 0 saturated carbocycles. The minimum Gasteiger partial charge on any atom is -0.337 e. The van der Waals surface area contributed by atoms with Gasteiger partial charge in [0.15, 0.2) is 0 Å². The van der Waals surface area contributed by atoms with Gasteiger partial charge in [-0.05, 0) is 41.8 Å². The van der Waals surface area contributed by atoms with Gasteiger partial charge in [-0.1, -0.05) is 39.3 Å². The van der Waals surface area contributed by atoms with Gasteiger partial charge >= 0.3 is 5.69 Å². The summed E-state index contributed by atoms with van der Waals surface area (Å²) >= 11 is 4.61. The number of fused-ring (bicyclic) bond motifs is 1. The van der Waals surface area contributed by atoms with Crippen LogP contribution in [0.5, 0.6) is 0 Å². The Hall–Kier alpha value is -3.37. The highest BCUT2D eigenvalue weighted by atomic mass is 79.9. The summed E-state index contributed by atoms with van der Waals surface area (Å²) in [5, 5.41) is 5.71. The van der Waals surface area contributed by atoms with Crippen molar-refractivity contribution >= 4 is 37.5 Å². The highest BCUT2D eigenvalue weighted by Gasteiger charge is 2.18. The Balaban J connectivity index is 1.64. The van der Waals surface area contributed by atoms with E-state index in [2.05, 4.69) is 26.1 Å². The second-order valence-electron chi connectivity index (χ2n) is 6.65. The summed E-state index contributed by atoms with van der Waals surface area (Å²) in [5.41, 5.74) is 0.234. The molecule has 5 aromatic rings. The molecule has 0 radical (unpaired) electrons. The van der Waals surface area contributed by atoms with E-state index in [-0.39, 0.29) is 18.1 Å². The molecule has 0 saturated heterocycles. The third-order valence-corrected chi connectivity index (χ3v) is 6.05. The van der Waals surface area contributed by atoms with E-state index in [4.69, 9.17) is 4.52 Å². The van der Waals surface area contributed by atoms with Gasteiger partial charge in [0.1, 0.15) is 17.1 Å². The number of nitrogens with zero attached hydrogens (tertiary/aromatic N) is 4. The lowest BCUT2D eigenvalue weighted by Crippen LogP contribution is -2.38. The van der Waals surface area contributed by atoms with Crippen LogP contribution in [0.4, 0.5) is 4.39 Å². The van der Waals surface area contributed by atoms with Gasteiger partial charge in [-0.2, -0.15) is 4.98 Å². The van der Waals surface area contributed by atoms with Crippen LogP contribution in [0.15, 0.2) is 78.6 Å². The summed E-state index contributed by atoms with van der Waals surface area (Å²) in [7, 11) is 0. The van der Waals surface area contributed by atoms with Gasteiger partial charge in [0.2, 0.25) is 11.7 Å². The topological polar surface area (TPSA) is 82.9 Å². The molecular formula is C21H12BrFN4O3S. The molecule has 0 bridgehead atoms. The van der Waals surface area contributed by atoms with Crippen LogP contribution in [0.3, 0.4) is 0 Å². The second kappa shape index (κ2) is 7.71. The molecule has 0 aliphatic heterocycles. The van der Waals surface area contributed by atoms with E-state index in [0.29, 0.717) is 16.0 Å². The van der Waals surface area contributed by atoms with Crippen LogP contribution in [-0.4, -0.2) is 19.3 Å². The Morgan fingerprint density at radius 1 is 1.10 bits per heavy atom. The standard InChI is InChI=1S/C21H12BrFN4O3S/c22-13-4-1-3-12(9-13)19-24-17(30-25-19)11-26-16-7-8-31-18(16)20(28)27(21(26)29)15-6-2-5-14(23)10-15/h1-10H,11H2. The van der Waals surface area contributed by atoms with Crippen LogP contribution in [0, 0.1) is 5.82 Å². The fraction of sp³-hybridized carbons (Fsp3) is 0.0476. The number of rotatable bonds is 4. The fourth-order valence-corrected chi connectivity index (χ4v) is 4.51. The van der Waals surface area contributed by atoms with Crippen molar-refractivity contribution in [1.29, 1.82) is 0 Å². The van der Waals surface area contributed by atoms with Crippen LogP contribution in [0.25, 0.3) is 27.3 Å². The number of thiophene rings is 1. The largest absolute Gasteiger partial charge is 0.337 e. The van der Waals surface area contributed by atoms with E-state index < -0.39 is 17.1 Å². The zero-order valence-electron chi connectivity index (χ0n) is 15.7. The molecule has 0 amide bonds. The van der Waals surface area contributed by atoms with Crippen LogP contribution in [-0.2, 0) is 6.54 Å². The summed E-state index contributed by atoms with van der Waals surface area (Å²) in [6, 6.07) is 14.5. The van der Waals surface area contributed by atoms with Crippen LogP contribution < -0.4 is 11.2 Å². The third kappa shape index (κ3) is 3.53. The summed E-state index contributed by atoms with van der Waals surface area (Å²) in [5.74, 6) is 0.0376. The number of benzene rings is 2. The number of halogens is 2. The molecule has 31 heavy (non-hydrogen) atoms. The van der Waals surface area contributed by atoms with Gasteiger partial charge in [-0.3, -0.25) is 9.36 Å². The van der Waals surface area contributed by atoms with Crippen molar-refractivity contribution in [3.63, 3.8) is 0 Å². The Morgan fingerprint density at radius 3 is 2.74 bits per heavy atom. The van der Waals surface area contributed by atoms with E-state index in [1.54, 1.807) is 11.4 Å². The summed E-state index contributed by atoms with van der Waals surface area (Å²) < 4.78 is 22.7. The fourth-order valence-electron chi connectivity index (χ4n) is 3.28. The molecule has 0 unspecified atom stereocenters. The number of hydrogen-bond acceptors (Lipinski definition) is 6. The Morgan fingerprint density at radius 2 is 1.94 bits per heavy atom. The zero-order valence-corrected chi connectivity index (χ0v) is 18.1. The number of hydrogen-bond donors (Lipinski definition) is 0. The molecular weight excluding hydrogens is 487 g/mol. The summed E-state index contributed by atoms with van der Waals surface area (Å²) in [4.78, 5) is 30.6. The Bertz CT molecular complexity index is 1550. The van der Waals surface area contributed by atoms with Crippen molar-refractivity contribution in [3.05, 3.63) is 97.0 Å². The normalized spacial score (nSPS) is 11.3. The van der Waals surface area contributed by atoms with Crippen molar-refractivity contribution in [2.24, 2.45) is 0 Å². The van der Waals surface area contributed by atoms with Crippen LogP contribution in [0.2, 0.25) is 0 Å². The van der Waals surface area contributed by atoms with Crippen molar-refractivity contribution in [3.8, 4) is 17.1 Å². The molecule has 0 spiro atoms. The highest BCUT2D eigenvalue weighted by molar-refractivity contribution is 9.10. The Kier molecular flexibility index (Phi) is 4.87. The van der Waals surface area contributed by atoms with Gasteiger partial charge < -0.3 is 4.52 Å². The lowest BCUT2D eigenvalue weighted by molar-refractivity contribution is 0.370. The molecule has 7 nitrogen and oxygen atoms in total. The molecule has 5 rings (SSSR count). The van der Waals surface area contributed by atoms with Crippen molar-refractivity contribution in [2.75, 3.05) is 0 Å². The predicted molar refractivity (Wildman–Crippen MR) is 118 cm³/mol. The van der Waals surface area contributed by atoms with Crippen LogP contribution in [0.1, 0.15) is 5.89 Å². The smallest absolute Gasteiger partial charge is 0.336 e. The molecule has 3 aromatic heterocycles. The van der Waals surface area contributed by atoms with E-state index in [1.807, 2.05) is 24.3 Å². The predicted octanol–water partition coefficient (Wildman–Crippen LogP) is 4.21. The first-order valence-corrected chi connectivity index (χ1v) is 10.8. The molecule has 154 valence electrons. The molecule has 0 aliphatic rings. The quantitative estimate of drug-likeness (QED) is 0.370. The van der Waals surface area contributed by atoms with Gasteiger partial charge in [0.25, 0.3) is 5.56 Å². The van der Waals surface area contributed by atoms with E-state index in [1.165, 1.54) is 34.1 Å². The van der Waals surface area contributed by atoms with E-state index in [0.717, 1.165) is 20.7 Å². The molecule has 2 aromatic carbocycles. The Labute approximate surface area is 186 Å². The third-order valence-electron chi connectivity index (χ3n) is 4.67. The lowest BCUT2D eigenvalue weighted by atomic mass is 10.2. The highest BCUT2D eigenvalue weighted by Crippen LogP contribution is 2.21. The van der Waals surface area contributed by atoms with Gasteiger partial charge in [0.05, 0.1) is 11.2 Å². The maximum absolute atomic E-state index is 13.8. The van der Waals surface area contributed by atoms with E-state index >= 15 is 0 Å². The minimum absolute atomic E-state index is 0.0390. The molecule has 3 heterocycles. The minimum atomic E-state index is -0.622. The molecule has 0 N–H and O–H groups in total. The van der Waals surface area contributed by atoms with Gasteiger partial charge in [-0.25, -0.2) is 13.8 Å². The van der Waals surface area contributed by atoms with Crippen molar-refractivity contribution < 1.29 is 8.91 Å². The van der Waals surface area contributed by atoms with Crippen molar-refractivity contribution in [1.82, 2.24) is 19.3 Å². The summed E-state index contributed by atoms with van der Waals surface area (Å²) in [6.45, 7) is -0.0390.